The molecule has 0 radical (unpaired) electrons. The van der Waals surface area contributed by atoms with Gasteiger partial charge in [-0.05, 0) is 49.6 Å². The van der Waals surface area contributed by atoms with E-state index < -0.39 is 0 Å². The number of aryl methyl sites for hydroxylation is 3. The first-order chi connectivity index (χ1) is 10.5. The molecule has 0 bridgehead atoms. The van der Waals surface area contributed by atoms with E-state index in [2.05, 4.69) is 11.9 Å². The van der Waals surface area contributed by atoms with Crippen molar-refractivity contribution in [1.29, 1.82) is 0 Å². The molecule has 4 heteroatoms. The lowest BCUT2D eigenvalue weighted by Gasteiger charge is -2.13. The predicted octanol–water partition coefficient (Wildman–Crippen LogP) is 3.98. The van der Waals surface area contributed by atoms with Gasteiger partial charge in [-0.1, -0.05) is 13.3 Å². The summed E-state index contributed by atoms with van der Waals surface area (Å²) < 4.78 is 1.96. The van der Waals surface area contributed by atoms with Crippen molar-refractivity contribution in [2.24, 2.45) is 0 Å². The summed E-state index contributed by atoms with van der Waals surface area (Å²) in [5, 5.41) is 20.9. The number of imidazole rings is 1. The molecular weight excluding hydrogens is 276 g/mol. The molecule has 2 N–H and O–H groups in total. The maximum atomic E-state index is 10.4. The minimum absolute atomic E-state index is 0.0975. The van der Waals surface area contributed by atoms with E-state index in [4.69, 9.17) is 0 Å². The second-order valence-electron chi connectivity index (χ2n) is 5.73. The molecule has 0 aliphatic carbocycles. The Balaban J connectivity index is 2.30. The first-order valence-corrected chi connectivity index (χ1v) is 7.51. The zero-order valence-electron chi connectivity index (χ0n) is 13.1. The Hall–Kier alpha value is -2.49. The van der Waals surface area contributed by atoms with Crippen molar-refractivity contribution >= 4 is 5.65 Å². The monoisotopic (exact) mass is 296 g/mol. The van der Waals surface area contributed by atoms with Gasteiger partial charge in [0.25, 0.3) is 0 Å². The lowest BCUT2D eigenvalue weighted by Crippen LogP contribution is -1.95. The number of phenols is 2. The van der Waals surface area contributed by atoms with Crippen LogP contribution < -0.4 is 0 Å². The van der Waals surface area contributed by atoms with Gasteiger partial charge in [-0.15, -0.1) is 0 Å². The van der Waals surface area contributed by atoms with Crippen LogP contribution in [0.5, 0.6) is 11.5 Å². The highest BCUT2D eigenvalue weighted by atomic mass is 16.3. The van der Waals surface area contributed by atoms with Crippen molar-refractivity contribution < 1.29 is 10.2 Å². The van der Waals surface area contributed by atoms with Crippen molar-refractivity contribution in [1.82, 2.24) is 9.38 Å². The molecule has 0 aliphatic heterocycles. The zero-order valence-corrected chi connectivity index (χ0v) is 13.1. The van der Waals surface area contributed by atoms with E-state index in [1.165, 1.54) is 0 Å². The maximum Gasteiger partial charge on any atom is 0.145 e. The van der Waals surface area contributed by atoms with E-state index in [0.717, 1.165) is 40.9 Å². The summed E-state index contributed by atoms with van der Waals surface area (Å²) in [5.41, 5.74) is 4.88. The van der Waals surface area contributed by atoms with Crippen LogP contribution in [0.1, 0.15) is 30.2 Å². The van der Waals surface area contributed by atoms with Crippen LogP contribution in [0.4, 0.5) is 0 Å². The Labute approximate surface area is 129 Å². The molecule has 2 aromatic heterocycles. The Morgan fingerprint density at radius 1 is 1.09 bits per heavy atom. The average molecular weight is 296 g/mol. The van der Waals surface area contributed by atoms with Gasteiger partial charge in [0.15, 0.2) is 0 Å². The molecule has 3 rings (SSSR count). The van der Waals surface area contributed by atoms with E-state index >= 15 is 0 Å². The van der Waals surface area contributed by atoms with E-state index in [-0.39, 0.29) is 11.5 Å². The summed E-state index contributed by atoms with van der Waals surface area (Å²) >= 11 is 0. The summed E-state index contributed by atoms with van der Waals surface area (Å²) in [5.74, 6) is 0.195. The molecule has 114 valence electrons. The van der Waals surface area contributed by atoms with Crippen molar-refractivity contribution in [3.05, 3.63) is 47.4 Å². The number of benzene rings is 1. The number of pyridine rings is 1. The van der Waals surface area contributed by atoms with Gasteiger partial charge >= 0.3 is 0 Å². The molecule has 0 saturated heterocycles. The second kappa shape index (κ2) is 5.37. The molecular formula is C18H20N2O2. The standard InChI is InChI=1S/C18H20N2O2/c1-4-5-13-8-14(21)17(15(22)9-13)16-11(2)6-7-20-12(3)10-19-18(16)20/h6-10,21-22H,4-5H2,1-3H3. The van der Waals surface area contributed by atoms with Gasteiger partial charge in [-0.3, -0.25) is 0 Å². The molecule has 1 aromatic carbocycles. The van der Waals surface area contributed by atoms with Crippen molar-refractivity contribution in [3.8, 4) is 22.6 Å². The fourth-order valence-electron chi connectivity index (χ4n) is 2.93. The third kappa shape index (κ3) is 2.21. The molecule has 3 aromatic rings. The van der Waals surface area contributed by atoms with Crippen molar-refractivity contribution in [2.75, 3.05) is 0 Å². The van der Waals surface area contributed by atoms with Crippen molar-refractivity contribution in [2.45, 2.75) is 33.6 Å². The fourth-order valence-corrected chi connectivity index (χ4v) is 2.93. The lowest BCUT2D eigenvalue weighted by molar-refractivity contribution is 0.453. The number of aromatic hydroxyl groups is 2. The summed E-state index contributed by atoms with van der Waals surface area (Å²) in [6.45, 7) is 6.00. The van der Waals surface area contributed by atoms with Gasteiger partial charge in [0, 0.05) is 23.7 Å². The van der Waals surface area contributed by atoms with Crippen LogP contribution in [0.3, 0.4) is 0 Å². The highest BCUT2D eigenvalue weighted by Gasteiger charge is 2.18. The first-order valence-electron chi connectivity index (χ1n) is 7.51. The average Bonchev–Trinajstić information content (AvgIpc) is 2.82. The van der Waals surface area contributed by atoms with Crippen LogP contribution in [-0.2, 0) is 6.42 Å². The summed E-state index contributed by atoms with van der Waals surface area (Å²) in [6, 6.07) is 5.43. The number of rotatable bonds is 3. The van der Waals surface area contributed by atoms with Crippen LogP contribution in [-0.4, -0.2) is 19.6 Å². The number of nitrogens with zero attached hydrogens (tertiary/aromatic N) is 2. The molecule has 0 spiro atoms. The molecule has 0 saturated carbocycles. The third-order valence-electron chi connectivity index (χ3n) is 4.02. The Morgan fingerprint density at radius 2 is 1.77 bits per heavy atom. The van der Waals surface area contributed by atoms with Gasteiger partial charge in [-0.2, -0.15) is 0 Å². The SMILES string of the molecule is CCCc1cc(O)c(-c2c(C)ccn3c(C)cnc23)c(O)c1. The van der Waals surface area contributed by atoms with Crippen molar-refractivity contribution in [3.63, 3.8) is 0 Å². The van der Waals surface area contributed by atoms with E-state index in [1.54, 1.807) is 18.3 Å². The summed E-state index contributed by atoms with van der Waals surface area (Å²) in [6.07, 6.45) is 5.53. The van der Waals surface area contributed by atoms with E-state index in [1.807, 2.05) is 30.5 Å². The summed E-state index contributed by atoms with van der Waals surface area (Å²) in [4.78, 5) is 4.44. The van der Waals surface area contributed by atoms with Gasteiger partial charge in [0.1, 0.15) is 17.1 Å². The van der Waals surface area contributed by atoms with Crippen LogP contribution in [0.25, 0.3) is 16.8 Å². The minimum Gasteiger partial charge on any atom is -0.507 e. The van der Waals surface area contributed by atoms with E-state index in [9.17, 15) is 10.2 Å². The van der Waals surface area contributed by atoms with Crippen LogP contribution in [0.2, 0.25) is 0 Å². The normalized spacial score (nSPS) is 11.2. The molecule has 2 heterocycles. The highest BCUT2D eigenvalue weighted by molar-refractivity contribution is 5.88. The zero-order chi connectivity index (χ0) is 15.9. The van der Waals surface area contributed by atoms with Crippen LogP contribution >= 0.6 is 0 Å². The predicted molar refractivity (Wildman–Crippen MR) is 87.4 cm³/mol. The molecule has 0 atom stereocenters. The molecule has 0 amide bonds. The smallest absolute Gasteiger partial charge is 0.145 e. The molecule has 0 fully saturated rings. The molecule has 0 unspecified atom stereocenters. The first kappa shape index (κ1) is 14.4. The Morgan fingerprint density at radius 3 is 2.41 bits per heavy atom. The number of phenolic OH excluding ortho intramolecular Hbond substituents is 2. The number of fused-ring (bicyclic) bond motifs is 1. The second-order valence-corrected chi connectivity index (χ2v) is 5.73. The van der Waals surface area contributed by atoms with Gasteiger partial charge in [0.2, 0.25) is 0 Å². The van der Waals surface area contributed by atoms with Crippen LogP contribution in [0.15, 0.2) is 30.6 Å². The number of hydrogen-bond acceptors (Lipinski definition) is 3. The minimum atomic E-state index is 0.0975. The quantitative estimate of drug-likeness (QED) is 0.768. The molecule has 22 heavy (non-hydrogen) atoms. The third-order valence-corrected chi connectivity index (χ3v) is 4.02. The maximum absolute atomic E-state index is 10.4. The Bertz CT molecular complexity index is 827. The largest absolute Gasteiger partial charge is 0.507 e. The number of aromatic nitrogens is 2. The molecule has 0 aliphatic rings. The van der Waals surface area contributed by atoms with Gasteiger partial charge < -0.3 is 14.6 Å². The van der Waals surface area contributed by atoms with Gasteiger partial charge in [0.05, 0.1) is 5.56 Å². The number of hydrogen-bond donors (Lipinski definition) is 2. The molecule has 4 nitrogen and oxygen atoms in total. The van der Waals surface area contributed by atoms with Crippen LogP contribution in [0, 0.1) is 13.8 Å². The van der Waals surface area contributed by atoms with Gasteiger partial charge in [-0.25, -0.2) is 4.98 Å². The fraction of sp³-hybridized carbons (Fsp3) is 0.278. The van der Waals surface area contributed by atoms with E-state index in [0.29, 0.717) is 5.56 Å². The lowest BCUT2D eigenvalue weighted by atomic mass is 9.97. The Kier molecular flexibility index (Phi) is 3.53. The topological polar surface area (TPSA) is 57.8 Å². The summed E-state index contributed by atoms with van der Waals surface area (Å²) in [7, 11) is 0. The highest BCUT2D eigenvalue weighted by Crippen LogP contribution is 2.41.